The molecule has 0 unspecified atom stereocenters. The fourth-order valence-electron chi connectivity index (χ4n) is 2.01. The van der Waals surface area contributed by atoms with E-state index in [4.69, 9.17) is 23.2 Å². The van der Waals surface area contributed by atoms with Gasteiger partial charge < -0.3 is 10.6 Å². The first kappa shape index (κ1) is 17.3. The molecule has 6 heteroatoms. The van der Waals surface area contributed by atoms with Crippen LogP contribution in [0.15, 0.2) is 42.5 Å². The van der Waals surface area contributed by atoms with Crippen LogP contribution < -0.4 is 10.6 Å². The molecule has 2 N–H and O–H groups in total. The lowest BCUT2D eigenvalue weighted by molar-refractivity contribution is -0.116. The molecule has 2 amide bonds. The predicted molar refractivity (Wildman–Crippen MR) is 93.2 cm³/mol. The van der Waals surface area contributed by atoms with Crippen LogP contribution in [0, 0.1) is 6.92 Å². The van der Waals surface area contributed by atoms with Gasteiger partial charge >= 0.3 is 0 Å². The highest BCUT2D eigenvalue weighted by molar-refractivity contribution is 6.33. The maximum atomic E-state index is 12.0. The Balaban J connectivity index is 1.83. The molecule has 0 radical (unpaired) electrons. The van der Waals surface area contributed by atoms with E-state index < -0.39 is 0 Å². The van der Waals surface area contributed by atoms with Gasteiger partial charge in [0.25, 0.3) is 5.91 Å². The number of rotatable bonds is 5. The average Bonchev–Trinajstić information content (AvgIpc) is 2.50. The number of anilines is 1. The topological polar surface area (TPSA) is 58.2 Å². The Morgan fingerprint density at radius 2 is 1.83 bits per heavy atom. The highest BCUT2D eigenvalue weighted by atomic mass is 35.5. The van der Waals surface area contributed by atoms with Crippen molar-refractivity contribution in [1.82, 2.24) is 5.32 Å². The quantitative estimate of drug-likeness (QED) is 0.854. The van der Waals surface area contributed by atoms with Crippen LogP contribution >= 0.6 is 23.2 Å². The first-order valence-electron chi connectivity index (χ1n) is 7.06. The van der Waals surface area contributed by atoms with Crippen LogP contribution in [0.2, 0.25) is 10.0 Å². The van der Waals surface area contributed by atoms with Gasteiger partial charge in [0.2, 0.25) is 5.91 Å². The van der Waals surface area contributed by atoms with E-state index in [1.165, 1.54) is 0 Å². The lowest BCUT2D eigenvalue weighted by Crippen LogP contribution is -2.28. The molecule has 0 aliphatic rings. The zero-order valence-corrected chi connectivity index (χ0v) is 14.0. The van der Waals surface area contributed by atoms with Gasteiger partial charge in [0.15, 0.2) is 0 Å². The van der Waals surface area contributed by atoms with Gasteiger partial charge in [0.1, 0.15) is 0 Å². The van der Waals surface area contributed by atoms with Gasteiger partial charge in [0, 0.05) is 23.7 Å². The normalized spacial score (nSPS) is 10.2. The van der Waals surface area contributed by atoms with Crippen LogP contribution in [0.25, 0.3) is 0 Å². The Morgan fingerprint density at radius 3 is 2.52 bits per heavy atom. The van der Waals surface area contributed by atoms with Gasteiger partial charge in [-0.1, -0.05) is 35.3 Å². The maximum Gasteiger partial charge on any atom is 0.252 e. The van der Waals surface area contributed by atoms with Crippen molar-refractivity contribution in [2.75, 3.05) is 11.9 Å². The summed E-state index contributed by atoms with van der Waals surface area (Å²) in [5.74, 6) is -0.485. The van der Waals surface area contributed by atoms with E-state index in [1.807, 2.05) is 6.92 Å². The minimum atomic E-state index is -0.300. The maximum absolute atomic E-state index is 12.0. The number of hydrogen-bond acceptors (Lipinski definition) is 2. The Hall–Kier alpha value is -2.04. The summed E-state index contributed by atoms with van der Waals surface area (Å²) < 4.78 is 0. The average molecular weight is 351 g/mol. The molecular weight excluding hydrogens is 335 g/mol. The number of halogens is 2. The van der Waals surface area contributed by atoms with Gasteiger partial charge in [-0.3, -0.25) is 9.59 Å². The summed E-state index contributed by atoms with van der Waals surface area (Å²) in [7, 11) is 0. The Kier molecular flexibility index (Phi) is 6.02. The second-order valence-electron chi connectivity index (χ2n) is 4.99. The standard InChI is InChI=1S/C17H16Cl2N2O2/c1-11-10-12(18)6-7-15(11)21-16(22)8-9-20-17(23)13-4-2-3-5-14(13)19/h2-7,10H,8-9H2,1H3,(H,20,23)(H,21,22). The van der Waals surface area contributed by atoms with Crippen LogP contribution in [0.4, 0.5) is 5.69 Å². The molecule has 120 valence electrons. The van der Waals surface area contributed by atoms with Crippen molar-refractivity contribution in [2.45, 2.75) is 13.3 Å². The summed E-state index contributed by atoms with van der Waals surface area (Å²) in [5, 5.41) is 6.46. The van der Waals surface area contributed by atoms with Crippen LogP contribution in [0.1, 0.15) is 22.3 Å². The third-order valence-electron chi connectivity index (χ3n) is 3.22. The highest BCUT2D eigenvalue weighted by Gasteiger charge is 2.10. The molecule has 0 atom stereocenters. The van der Waals surface area contributed by atoms with E-state index in [-0.39, 0.29) is 24.8 Å². The fraction of sp³-hybridized carbons (Fsp3) is 0.176. The van der Waals surface area contributed by atoms with Gasteiger partial charge in [-0.25, -0.2) is 0 Å². The van der Waals surface area contributed by atoms with Crippen LogP contribution in [0.3, 0.4) is 0 Å². The second-order valence-corrected chi connectivity index (χ2v) is 5.84. The van der Waals surface area contributed by atoms with Crippen LogP contribution in [-0.4, -0.2) is 18.4 Å². The van der Waals surface area contributed by atoms with E-state index in [0.717, 1.165) is 5.56 Å². The number of carbonyl (C=O) groups is 2. The number of aryl methyl sites for hydroxylation is 1. The number of hydrogen-bond donors (Lipinski definition) is 2. The number of benzene rings is 2. The number of nitrogens with one attached hydrogen (secondary N) is 2. The summed E-state index contributed by atoms with van der Waals surface area (Å²) in [5.41, 5.74) is 1.98. The monoisotopic (exact) mass is 350 g/mol. The van der Waals surface area contributed by atoms with Gasteiger partial charge in [0.05, 0.1) is 10.6 Å². The van der Waals surface area contributed by atoms with E-state index in [0.29, 0.717) is 21.3 Å². The fourth-order valence-corrected chi connectivity index (χ4v) is 2.46. The molecule has 0 spiro atoms. The molecule has 0 aliphatic carbocycles. The first-order chi connectivity index (χ1) is 11.0. The minimum Gasteiger partial charge on any atom is -0.351 e. The summed E-state index contributed by atoms with van der Waals surface area (Å²) in [6.45, 7) is 2.09. The minimum absolute atomic E-state index is 0.165. The molecule has 0 saturated carbocycles. The van der Waals surface area contributed by atoms with Crippen molar-refractivity contribution < 1.29 is 9.59 Å². The summed E-state index contributed by atoms with van der Waals surface area (Å²) >= 11 is 11.8. The van der Waals surface area contributed by atoms with Crippen molar-refractivity contribution in [2.24, 2.45) is 0 Å². The molecule has 0 aliphatic heterocycles. The van der Waals surface area contributed by atoms with Crippen molar-refractivity contribution in [3.63, 3.8) is 0 Å². The molecule has 0 bridgehead atoms. The number of amides is 2. The van der Waals surface area contributed by atoms with E-state index in [1.54, 1.807) is 42.5 Å². The summed E-state index contributed by atoms with van der Waals surface area (Å²) in [6.07, 6.45) is 0.165. The van der Waals surface area contributed by atoms with E-state index in [2.05, 4.69) is 10.6 Å². The zero-order chi connectivity index (χ0) is 16.8. The molecule has 0 fully saturated rings. The van der Waals surface area contributed by atoms with Crippen LogP contribution in [0.5, 0.6) is 0 Å². The first-order valence-corrected chi connectivity index (χ1v) is 7.81. The third-order valence-corrected chi connectivity index (χ3v) is 3.78. The molecular formula is C17H16Cl2N2O2. The van der Waals surface area contributed by atoms with Crippen LogP contribution in [-0.2, 0) is 4.79 Å². The predicted octanol–water partition coefficient (Wildman–Crippen LogP) is 4.06. The van der Waals surface area contributed by atoms with Crippen molar-refractivity contribution >= 4 is 40.7 Å². The van der Waals surface area contributed by atoms with Crippen molar-refractivity contribution in [3.8, 4) is 0 Å². The Bertz CT molecular complexity index is 732. The molecule has 0 heterocycles. The molecule has 4 nitrogen and oxygen atoms in total. The molecule has 23 heavy (non-hydrogen) atoms. The van der Waals surface area contributed by atoms with Gasteiger partial charge in [-0.15, -0.1) is 0 Å². The summed E-state index contributed by atoms with van der Waals surface area (Å²) in [6, 6.07) is 12.0. The molecule has 2 aromatic carbocycles. The highest BCUT2D eigenvalue weighted by Crippen LogP contribution is 2.19. The number of carbonyl (C=O) groups excluding carboxylic acids is 2. The van der Waals surface area contributed by atoms with Gasteiger partial charge in [-0.05, 0) is 42.8 Å². The molecule has 0 aromatic heterocycles. The molecule has 2 aromatic rings. The Labute approximate surface area is 144 Å². The van der Waals surface area contributed by atoms with E-state index >= 15 is 0 Å². The SMILES string of the molecule is Cc1cc(Cl)ccc1NC(=O)CCNC(=O)c1ccccc1Cl. The lowest BCUT2D eigenvalue weighted by atomic mass is 10.2. The lowest BCUT2D eigenvalue weighted by Gasteiger charge is -2.09. The zero-order valence-electron chi connectivity index (χ0n) is 12.5. The second kappa shape index (κ2) is 7.99. The smallest absolute Gasteiger partial charge is 0.252 e. The third kappa shape index (κ3) is 4.98. The largest absolute Gasteiger partial charge is 0.351 e. The Morgan fingerprint density at radius 1 is 1.09 bits per heavy atom. The van der Waals surface area contributed by atoms with Crippen molar-refractivity contribution in [3.05, 3.63) is 63.6 Å². The summed E-state index contributed by atoms with van der Waals surface area (Å²) in [4.78, 5) is 23.9. The van der Waals surface area contributed by atoms with Crippen molar-refractivity contribution in [1.29, 1.82) is 0 Å². The van der Waals surface area contributed by atoms with E-state index in [9.17, 15) is 9.59 Å². The molecule has 2 rings (SSSR count). The molecule has 0 saturated heterocycles. The van der Waals surface area contributed by atoms with Gasteiger partial charge in [-0.2, -0.15) is 0 Å².